The summed E-state index contributed by atoms with van der Waals surface area (Å²) in [7, 11) is 0. The van der Waals surface area contributed by atoms with E-state index in [1.807, 2.05) is 17.3 Å². The lowest BCUT2D eigenvalue weighted by molar-refractivity contribution is -0.149. The largest absolute Gasteiger partial charge is 0.485 e. The number of benzene rings is 1. The number of nitrogens with one attached hydrogen (secondary N) is 1. The second-order valence-electron chi connectivity index (χ2n) is 6.13. The number of aromatic nitrogens is 2. The molecule has 0 aliphatic carbocycles. The van der Waals surface area contributed by atoms with Crippen molar-refractivity contribution in [1.82, 2.24) is 15.4 Å². The van der Waals surface area contributed by atoms with Crippen LogP contribution in [0.1, 0.15) is 30.3 Å². The van der Waals surface area contributed by atoms with Crippen molar-refractivity contribution >= 4 is 33.6 Å². The second-order valence-corrected chi connectivity index (χ2v) is 6.99. The van der Waals surface area contributed by atoms with Crippen LogP contribution in [0.3, 0.4) is 0 Å². The highest BCUT2D eigenvalue weighted by Gasteiger charge is 2.30. The van der Waals surface area contributed by atoms with Gasteiger partial charge < -0.3 is 14.5 Å². The number of amides is 1. The Morgan fingerprint density at radius 1 is 1.32 bits per heavy atom. The van der Waals surface area contributed by atoms with Gasteiger partial charge in [0.25, 0.3) is 0 Å². The summed E-state index contributed by atoms with van der Waals surface area (Å²) in [6, 6.07) is 4.27. The van der Waals surface area contributed by atoms with E-state index >= 15 is 0 Å². The van der Waals surface area contributed by atoms with Gasteiger partial charge in [-0.1, -0.05) is 6.92 Å². The second kappa shape index (κ2) is 8.96. The monoisotopic (exact) mass is 452 g/mol. The minimum atomic E-state index is -0.649. The molecule has 0 radical (unpaired) electrons. The molecular weight excluding hydrogens is 435 g/mol. The summed E-state index contributed by atoms with van der Waals surface area (Å²) in [5.74, 6) is -0.506. The first-order valence-corrected chi connectivity index (χ1v) is 9.44. The molecule has 0 spiro atoms. The molecule has 1 fully saturated rings. The van der Waals surface area contributed by atoms with Crippen LogP contribution < -0.4 is 15.1 Å². The Bertz CT molecular complexity index is 859. The number of hydrogen-bond acceptors (Lipinski definition) is 7. The van der Waals surface area contributed by atoms with Crippen LogP contribution in [0.4, 0.5) is 10.2 Å². The number of nitrogens with zero attached hydrogens (tertiary/aromatic N) is 3. The third kappa shape index (κ3) is 4.94. The molecule has 3 rings (SSSR count). The number of ether oxygens (including phenoxy) is 1. The van der Waals surface area contributed by atoms with Gasteiger partial charge in [-0.05, 0) is 34.5 Å². The predicted molar refractivity (Wildman–Crippen MR) is 101 cm³/mol. The summed E-state index contributed by atoms with van der Waals surface area (Å²) in [5.41, 5.74) is 2.08. The molecular formula is C18H18BrFN4O4. The van der Waals surface area contributed by atoms with Crippen LogP contribution in [0.25, 0.3) is 0 Å². The number of hydroxylamine groups is 1. The maximum absolute atomic E-state index is 13.3. The number of rotatable bonds is 6. The van der Waals surface area contributed by atoms with Crippen LogP contribution in [-0.4, -0.2) is 41.0 Å². The van der Waals surface area contributed by atoms with E-state index < -0.39 is 11.9 Å². The summed E-state index contributed by atoms with van der Waals surface area (Å²) < 4.78 is 19.8. The van der Waals surface area contributed by atoms with Gasteiger partial charge in [-0.15, -0.1) is 0 Å². The average molecular weight is 453 g/mol. The minimum Gasteiger partial charge on any atom is -0.485 e. The van der Waals surface area contributed by atoms with Gasteiger partial charge in [-0.2, -0.15) is 5.48 Å². The summed E-state index contributed by atoms with van der Waals surface area (Å²) in [6.45, 7) is 2.94. The van der Waals surface area contributed by atoms with Crippen molar-refractivity contribution in [3.63, 3.8) is 0 Å². The Hall–Kier alpha value is -2.75. The zero-order chi connectivity index (χ0) is 20.1. The van der Waals surface area contributed by atoms with Crippen LogP contribution in [0.15, 0.2) is 35.1 Å². The molecule has 1 aromatic heterocycles. The van der Waals surface area contributed by atoms with Crippen LogP contribution in [0.5, 0.6) is 5.75 Å². The van der Waals surface area contributed by atoms with Crippen LogP contribution in [-0.2, 0) is 9.63 Å². The standard InChI is InChI=1S/C18H18BrFN4O4/c1-2-3-17(25)28-23-18(26)14-7-22-16(8-21-14)24-9-12(10-24)27-15-6-11(20)4-5-13(15)19/h4-8,12H,2-3,9-10H2,1H3,(H,23,26). The van der Waals surface area contributed by atoms with Gasteiger partial charge in [0.1, 0.15) is 29.2 Å². The highest BCUT2D eigenvalue weighted by Crippen LogP contribution is 2.29. The third-order valence-electron chi connectivity index (χ3n) is 3.94. The molecule has 10 heteroatoms. The number of halogens is 2. The normalized spacial score (nSPS) is 13.6. The highest BCUT2D eigenvalue weighted by atomic mass is 79.9. The fourth-order valence-corrected chi connectivity index (χ4v) is 2.80. The van der Waals surface area contributed by atoms with Crippen molar-refractivity contribution in [2.45, 2.75) is 25.9 Å². The zero-order valence-electron chi connectivity index (χ0n) is 15.0. The lowest BCUT2D eigenvalue weighted by atomic mass is 10.1. The molecule has 0 unspecified atom stereocenters. The van der Waals surface area contributed by atoms with Gasteiger partial charge in [0.05, 0.1) is 30.0 Å². The van der Waals surface area contributed by atoms with Gasteiger partial charge >= 0.3 is 11.9 Å². The van der Waals surface area contributed by atoms with Gasteiger partial charge in [0, 0.05) is 12.5 Å². The van der Waals surface area contributed by atoms with E-state index in [0.29, 0.717) is 35.6 Å². The van der Waals surface area contributed by atoms with Crippen molar-refractivity contribution < 1.29 is 23.6 Å². The SMILES string of the molecule is CCCC(=O)ONC(=O)c1cnc(N2CC(Oc3cc(F)ccc3Br)C2)cn1. The smallest absolute Gasteiger partial charge is 0.332 e. The van der Waals surface area contributed by atoms with Gasteiger partial charge in [-0.3, -0.25) is 4.79 Å². The number of carbonyl (C=O) groups excluding carboxylic acids is 2. The van der Waals surface area contributed by atoms with Crippen molar-refractivity contribution in [3.05, 3.63) is 46.6 Å². The summed E-state index contributed by atoms with van der Waals surface area (Å²) in [4.78, 5) is 37.9. The van der Waals surface area contributed by atoms with E-state index in [2.05, 4.69) is 30.7 Å². The molecule has 1 saturated heterocycles. The molecule has 8 nitrogen and oxygen atoms in total. The van der Waals surface area contributed by atoms with Crippen molar-refractivity contribution in [2.24, 2.45) is 0 Å². The Balaban J connectivity index is 1.49. The average Bonchev–Trinajstić information content (AvgIpc) is 2.65. The molecule has 1 N–H and O–H groups in total. The molecule has 28 heavy (non-hydrogen) atoms. The van der Waals surface area contributed by atoms with Crippen LogP contribution in [0.2, 0.25) is 0 Å². The van der Waals surface area contributed by atoms with E-state index in [9.17, 15) is 14.0 Å². The minimum absolute atomic E-state index is 0.0325. The number of carbonyl (C=O) groups is 2. The Kier molecular flexibility index (Phi) is 6.40. The molecule has 1 aliphatic heterocycles. The molecule has 148 valence electrons. The maximum Gasteiger partial charge on any atom is 0.332 e. The molecule has 0 bridgehead atoms. The molecule has 1 aliphatic rings. The quantitative estimate of drug-likeness (QED) is 0.673. The van der Waals surface area contributed by atoms with Gasteiger partial charge in [0.15, 0.2) is 0 Å². The lowest BCUT2D eigenvalue weighted by Crippen LogP contribution is -2.54. The van der Waals surface area contributed by atoms with E-state index in [1.54, 1.807) is 6.07 Å². The fourth-order valence-electron chi connectivity index (χ4n) is 2.46. The molecule has 1 aromatic carbocycles. The first-order valence-electron chi connectivity index (χ1n) is 8.65. The molecule has 1 amide bonds. The molecule has 0 atom stereocenters. The molecule has 2 aromatic rings. The van der Waals surface area contributed by atoms with Crippen molar-refractivity contribution in [2.75, 3.05) is 18.0 Å². The van der Waals surface area contributed by atoms with Crippen molar-refractivity contribution in [1.29, 1.82) is 0 Å². The van der Waals surface area contributed by atoms with E-state index in [1.165, 1.54) is 24.5 Å². The topological polar surface area (TPSA) is 93.6 Å². The predicted octanol–water partition coefficient (Wildman–Crippen LogP) is 2.63. The summed E-state index contributed by atoms with van der Waals surface area (Å²) >= 11 is 3.33. The highest BCUT2D eigenvalue weighted by molar-refractivity contribution is 9.10. The van der Waals surface area contributed by atoms with Crippen LogP contribution in [0, 0.1) is 5.82 Å². The first-order chi connectivity index (χ1) is 13.5. The van der Waals surface area contributed by atoms with Gasteiger partial charge in [0.2, 0.25) is 0 Å². The zero-order valence-corrected chi connectivity index (χ0v) is 16.6. The van der Waals surface area contributed by atoms with Crippen molar-refractivity contribution in [3.8, 4) is 5.75 Å². The number of anilines is 1. The maximum atomic E-state index is 13.3. The Morgan fingerprint density at radius 2 is 2.11 bits per heavy atom. The number of hydrogen-bond donors (Lipinski definition) is 1. The van der Waals surface area contributed by atoms with Crippen LogP contribution >= 0.6 is 15.9 Å². The fraction of sp³-hybridized carbons (Fsp3) is 0.333. The summed E-state index contributed by atoms with van der Waals surface area (Å²) in [5, 5.41) is 0. The third-order valence-corrected chi connectivity index (χ3v) is 4.60. The first kappa shape index (κ1) is 20.0. The van der Waals surface area contributed by atoms with Gasteiger partial charge in [-0.25, -0.2) is 19.2 Å². The van der Waals surface area contributed by atoms with E-state index in [-0.39, 0.29) is 24.0 Å². The van der Waals surface area contributed by atoms with E-state index in [0.717, 1.165) is 0 Å². The molecule has 0 saturated carbocycles. The molecule has 2 heterocycles. The van der Waals surface area contributed by atoms with E-state index in [4.69, 9.17) is 4.74 Å². The Morgan fingerprint density at radius 3 is 2.79 bits per heavy atom. The Labute approximate surface area is 169 Å². The summed E-state index contributed by atoms with van der Waals surface area (Å²) in [6.07, 6.45) is 3.49. The lowest BCUT2D eigenvalue weighted by Gasteiger charge is -2.39.